The quantitative estimate of drug-likeness (QED) is 0.794. The zero-order valence-electron chi connectivity index (χ0n) is 13.9. The van der Waals surface area contributed by atoms with Gasteiger partial charge in [-0.05, 0) is 42.6 Å². The molecule has 0 spiro atoms. The van der Waals surface area contributed by atoms with Crippen LogP contribution in [0.1, 0.15) is 24.0 Å². The van der Waals surface area contributed by atoms with Gasteiger partial charge in [0, 0.05) is 6.42 Å². The van der Waals surface area contributed by atoms with Gasteiger partial charge in [-0.25, -0.2) is 4.39 Å². The van der Waals surface area contributed by atoms with Crippen molar-refractivity contribution in [2.24, 2.45) is 0 Å². The molecule has 1 heterocycles. The predicted octanol–water partition coefficient (Wildman–Crippen LogP) is 2.33. The van der Waals surface area contributed by atoms with Crippen LogP contribution < -0.4 is 10.6 Å². The van der Waals surface area contributed by atoms with E-state index in [0.29, 0.717) is 12.0 Å². The Morgan fingerprint density at radius 1 is 1.20 bits per heavy atom. The summed E-state index contributed by atoms with van der Waals surface area (Å²) in [4.78, 5) is 24.8. The number of benzene rings is 2. The maximum atomic E-state index is 13.3. The molecule has 1 saturated heterocycles. The van der Waals surface area contributed by atoms with Crippen LogP contribution in [-0.2, 0) is 21.5 Å². The topological polar surface area (TPSA) is 58.2 Å². The number of hydrogen-bond acceptors (Lipinski definition) is 3. The van der Waals surface area contributed by atoms with E-state index in [1.54, 1.807) is 12.1 Å². The van der Waals surface area contributed by atoms with Crippen molar-refractivity contribution >= 4 is 12.2 Å². The van der Waals surface area contributed by atoms with Gasteiger partial charge in [0.25, 0.3) is 0 Å². The third-order valence-corrected chi connectivity index (χ3v) is 4.61. The molecule has 4 nitrogen and oxygen atoms in total. The maximum Gasteiger partial charge on any atom is 0.238 e. The summed E-state index contributed by atoms with van der Waals surface area (Å²) in [5.41, 5.74) is 0.258. The lowest BCUT2D eigenvalue weighted by molar-refractivity contribution is -0.128. The van der Waals surface area contributed by atoms with Gasteiger partial charge in [-0.2, -0.15) is 0 Å². The number of halogens is 1. The fraction of sp³-hybridized carbons (Fsp3) is 0.300. The minimum Gasteiger partial charge on any atom is -0.338 e. The van der Waals surface area contributed by atoms with E-state index in [4.69, 9.17) is 0 Å². The van der Waals surface area contributed by atoms with Crippen LogP contribution in [-0.4, -0.2) is 24.8 Å². The van der Waals surface area contributed by atoms with Gasteiger partial charge in [-0.3, -0.25) is 4.79 Å². The highest BCUT2D eigenvalue weighted by atomic mass is 19.1. The van der Waals surface area contributed by atoms with E-state index >= 15 is 0 Å². The molecular formula is C20H21FN2O2. The Balaban J connectivity index is 1.94. The Morgan fingerprint density at radius 2 is 1.92 bits per heavy atom. The summed E-state index contributed by atoms with van der Waals surface area (Å²) in [7, 11) is 0. The lowest BCUT2D eigenvalue weighted by Crippen LogP contribution is -2.53. The number of aldehydes is 1. The van der Waals surface area contributed by atoms with Crippen molar-refractivity contribution in [1.29, 1.82) is 0 Å². The molecule has 1 aliphatic heterocycles. The molecule has 0 aromatic heterocycles. The maximum absolute atomic E-state index is 13.3. The molecule has 1 amide bonds. The van der Waals surface area contributed by atoms with Crippen LogP contribution in [0.2, 0.25) is 0 Å². The van der Waals surface area contributed by atoms with Crippen molar-refractivity contribution in [2.45, 2.75) is 30.8 Å². The van der Waals surface area contributed by atoms with Gasteiger partial charge in [0.2, 0.25) is 5.91 Å². The molecule has 2 N–H and O–H groups in total. The highest BCUT2D eigenvalue weighted by Crippen LogP contribution is 2.25. The predicted molar refractivity (Wildman–Crippen MR) is 93.5 cm³/mol. The first-order valence-corrected chi connectivity index (χ1v) is 8.45. The summed E-state index contributed by atoms with van der Waals surface area (Å²) >= 11 is 0. The van der Waals surface area contributed by atoms with Gasteiger partial charge in [-0.15, -0.1) is 0 Å². The fourth-order valence-electron chi connectivity index (χ4n) is 3.24. The Labute approximate surface area is 146 Å². The number of hydrogen-bond donors (Lipinski definition) is 2. The number of carbonyl (C=O) groups is 2. The summed E-state index contributed by atoms with van der Waals surface area (Å²) in [5, 5.41) is 6.05. The van der Waals surface area contributed by atoms with Crippen LogP contribution in [0.5, 0.6) is 0 Å². The van der Waals surface area contributed by atoms with Crippen LogP contribution in [0, 0.1) is 5.82 Å². The van der Waals surface area contributed by atoms with Crippen molar-refractivity contribution in [2.75, 3.05) is 6.54 Å². The molecule has 0 radical (unpaired) electrons. The highest BCUT2D eigenvalue weighted by Gasteiger charge is 2.36. The smallest absolute Gasteiger partial charge is 0.238 e. The molecule has 2 aromatic carbocycles. The average molecular weight is 340 g/mol. The SMILES string of the molecule is O=C[C@](Cc1ccccc1)(NC(=O)[C@@H]1CCCN1)c1ccc(F)cc1. The molecule has 0 saturated carbocycles. The first-order chi connectivity index (χ1) is 12.1. The van der Waals surface area contributed by atoms with Gasteiger partial charge < -0.3 is 15.4 Å². The largest absolute Gasteiger partial charge is 0.338 e. The molecular weight excluding hydrogens is 319 g/mol. The Kier molecular flexibility index (Phi) is 5.24. The number of amides is 1. The second kappa shape index (κ2) is 7.57. The van der Waals surface area contributed by atoms with Gasteiger partial charge >= 0.3 is 0 Å². The van der Waals surface area contributed by atoms with E-state index in [9.17, 15) is 14.0 Å². The van der Waals surface area contributed by atoms with Gasteiger partial charge in [0.1, 0.15) is 17.6 Å². The number of carbonyl (C=O) groups excluding carboxylic acids is 2. The highest BCUT2D eigenvalue weighted by molar-refractivity contribution is 5.87. The number of rotatable bonds is 6. The van der Waals surface area contributed by atoms with E-state index in [1.165, 1.54) is 12.1 Å². The first-order valence-electron chi connectivity index (χ1n) is 8.45. The molecule has 0 bridgehead atoms. The van der Waals surface area contributed by atoms with Crippen molar-refractivity contribution in [3.05, 3.63) is 71.5 Å². The van der Waals surface area contributed by atoms with Gasteiger partial charge in [0.15, 0.2) is 0 Å². The van der Waals surface area contributed by atoms with Crippen LogP contribution in [0.15, 0.2) is 54.6 Å². The van der Waals surface area contributed by atoms with E-state index in [0.717, 1.165) is 31.2 Å². The summed E-state index contributed by atoms with van der Waals surface area (Å²) < 4.78 is 13.3. The molecule has 130 valence electrons. The number of nitrogens with one attached hydrogen (secondary N) is 2. The molecule has 25 heavy (non-hydrogen) atoms. The molecule has 0 unspecified atom stereocenters. The van der Waals surface area contributed by atoms with Gasteiger partial charge in [-0.1, -0.05) is 42.5 Å². The minimum absolute atomic E-state index is 0.204. The van der Waals surface area contributed by atoms with Crippen LogP contribution in [0.3, 0.4) is 0 Å². The molecule has 1 aliphatic rings. The zero-order valence-corrected chi connectivity index (χ0v) is 13.9. The summed E-state index contributed by atoms with van der Waals surface area (Å²) in [6, 6.07) is 14.9. The van der Waals surface area contributed by atoms with Gasteiger partial charge in [0.05, 0.1) is 6.04 Å². The molecule has 0 aliphatic carbocycles. The molecule has 2 atom stereocenters. The van der Waals surface area contributed by atoms with Crippen LogP contribution >= 0.6 is 0 Å². The molecule has 1 fully saturated rings. The fourth-order valence-corrected chi connectivity index (χ4v) is 3.24. The molecule has 5 heteroatoms. The van der Waals surface area contributed by atoms with E-state index in [2.05, 4.69) is 10.6 Å². The van der Waals surface area contributed by atoms with Crippen molar-refractivity contribution < 1.29 is 14.0 Å². The Morgan fingerprint density at radius 3 is 2.52 bits per heavy atom. The summed E-state index contributed by atoms with van der Waals surface area (Å²) in [6.45, 7) is 0.793. The lowest BCUT2D eigenvalue weighted by Gasteiger charge is -2.31. The van der Waals surface area contributed by atoms with Crippen LogP contribution in [0.25, 0.3) is 0 Å². The van der Waals surface area contributed by atoms with Crippen molar-refractivity contribution in [1.82, 2.24) is 10.6 Å². The Hall–Kier alpha value is -2.53. The van der Waals surface area contributed by atoms with E-state index in [1.807, 2.05) is 30.3 Å². The summed E-state index contributed by atoms with van der Waals surface area (Å²) in [5.74, 6) is -0.586. The monoisotopic (exact) mass is 340 g/mol. The van der Waals surface area contributed by atoms with Crippen molar-refractivity contribution in [3.8, 4) is 0 Å². The minimum atomic E-state index is -1.23. The normalized spacial score (nSPS) is 19.2. The van der Waals surface area contributed by atoms with E-state index in [-0.39, 0.29) is 17.8 Å². The molecule has 3 rings (SSSR count). The van der Waals surface area contributed by atoms with Crippen LogP contribution in [0.4, 0.5) is 4.39 Å². The Bertz CT molecular complexity index is 727. The molecule has 2 aromatic rings. The average Bonchev–Trinajstić information content (AvgIpc) is 3.17. The standard InChI is InChI=1S/C20H21FN2O2/c21-17-10-8-16(9-11-17)20(14-24,13-15-5-2-1-3-6-15)23-19(25)18-7-4-12-22-18/h1-3,5-6,8-11,14,18,22H,4,7,12-13H2,(H,23,25)/t18-,20-/m0/s1. The first kappa shape index (κ1) is 17.3. The lowest BCUT2D eigenvalue weighted by atomic mass is 9.84. The third kappa shape index (κ3) is 3.94. The van der Waals surface area contributed by atoms with E-state index < -0.39 is 5.54 Å². The third-order valence-electron chi connectivity index (χ3n) is 4.61. The summed E-state index contributed by atoms with van der Waals surface area (Å²) in [6.07, 6.45) is 2.73. The second-order valence-electron chi connectivity index (χ2n) is 6.40. The second-order valence-corrected chi connectivity index (χ2v) is 6.40. The zero-order chi connectivity index (χ0) is 17.7. The van der Waals surface area contributed by atoms with Crippen molar-refractivity contribution in [3.63, 3.8) is 0 Å².